The number of aryl methyl sites for hydroxylation is 1. The third-order valence-electron chi connectivity index (χ3n) is 3.47. The molecule has 2 aromatic rings. The number of hydrogen-bond acceptors (Lipinski definition) is 2. The van der Waals surface area contributed by atoms with Crippen LogP contribution in [0, 0.1) is 11.3 Å². The average molecular weight is 264 g/mol. The Labute approximate surface area is 121 Å². The molecule has 0 fully saturated rings. The third kappa shape index (κ3) is 3.94. The van der Waals surface area contributed by atoms with Gasteiger partial charge < -0.3 is 5.32 Å². The zero-order valence-corrected chi connectivity index (χ0v) is 11.8. The quantitative estimate of drug-likeness (QED) is 0.864. The summed E-state index contributed by atoms with van der Waals surface area (Å²) in [5.41, 5.74) is 3.68. The molecule has 0 heterocycles. The molecule has 0 aromatic heterocycles. The van der Waals surface area contributed by atoms with Gasteiger partial charge >= 0.3 is 0 Å². The Morgan fingerprint density at radius 3 is 2.25 bits per heavy atom. The number of nitrogens with one attached hydrogen (secondary N) is 1. The smallest absolute Gasteiger partial charge is 0.0837 e. The van der Waals surface area contributed by atoms with Crippen molar-refractivity contribution in [1.82, 2.24) is 5.32 Å². The van der Waals surface area contributed by atoms with Crippen molar-refractivity contribution in [2.24, 2.45) is 0 Å². The SMILES string of the molecule is CCc1ccc(CNCC(C#N)c2ccccc2)cc1. The molecule has 0 spiro atoms. The second-order valence-electron chi connectivity index (χ2n) is 4.89. The number of nitrogens with zero attached hydrogens (tertiary/aromatic N) is 1. The summed E-state index contributed by atoms with van der Waals surface area (Å²) in [6.07, 6.45) is 1.07. The van der Waals surface area contributed by atoms with Crippen molar-refractivity contribution in [3.63, 3.8) is 0 Å². The summed E-state index contributed by atoms with van der Waals surface area (Å²) < 4.78 is 0. The Balaban J connectivity index is 1.86. The van der Waals surface area contributed by atoms with Gasteiger partial charge in [-0.2, -0.15) is 5.26 Å². The summed E-state index contributed by atoms with van der Waals surface area (Å²) >= 11 is 0. The number of rotatable bonds is 6. The van der Waals surface area contributed by atoms with Crippen LogP contribution in [0.4, 0.5) is 0 Å². The van der Waals surface area contributed by atoms with E-state index < -0.39 is 0 Å². The standard InChI is InChI=1S/C18H20N2/c1-2-15-8-10-16(11-9-15)13-20-14-18(12-19)17-6-4-3-5-7-17/h3-11,18,20H,2,13-14H2,1H3. The predicted octanol–water partition coefficient (Wildman–Crippen LogP) is 3.65. The minimum Gasteiger partial charge on any atom is -0.311 e. The van der Waals surface area contributed by atoms with E-state index in [2.05, 4.69) is 42.6 Å². The summed E-state index contributed by atoms with van der Waals surface area (Å²) in [7, 11) is 0. The third-order valence-corrected chi connectivity index (χ3v) is 3.47. The Kier molecular flexibility index (Phi) is 5.34. The van der Waals surface area contributed by atoms with Crippen LogP contribution in [-0.2, 0) is 13.0 Å². The molecule has 2 heteroatoms. The van der Waals surface area contributed by atoms with E-state index in [1.807, 2.05) is 30.3 Å². The Morgan fingerprint density at radius 1 is 1.00 bits per heavy atom. The maximum atomic E-state index is 9.25. The van der Waals surface area contributed by atoms with Crippen molar-refractivity contribution in [1.29, 1.82) is 5.26 Å². The number of hydrogen-bond donors (Lipinski definition) is 1. The molecule has 2 aromatic carbocycles. The lowest BCUT2D eigenvalue weighted by Crippen LogP contribution is -2.20. The molecule has 1 atom stereocenters. The molecule has 2 rings (SSSR count). The predicted molar refractivity (Wildman–Crippen MR) is 82.3 cm³/mol. The van der Waals surface area contributed by atoms with Crippen molar-refractivity contribution < 1.29 is 0 Å². The molecule has 0 bridgehead atoms. The number of nitriles is 1. The van der Waals surface area contributed by atoms with Crippen molar-refractivity contribution in [2.45, 2.75) is 25.8 Å². The van der Waals surface area contributed by atoms with Gasteiger partial charge in [-0.15, -0.1) is 0 Å². The van der Waals surface area contributed by atoms with Crippen molar-refractivity contribution in [3.8, 4) is 6.07 Å². The first-order chi connectivity index (χ1) is 9.83. The topological polar surface area (TPSA) is 35.8 Å². The fourth-order valence-electron chi connectivity index (χ4n) is 2.18. The van der Waals surface area contributed by atoms with Crippen LogP contribution < -0.4 is 5.32 Å². The van der Waals surface area contributed by atoms with E-state index in [1.165, 1.54) is 11.1 Å². The largest absolute Gasteiger partial charge is 0.311 e. The van der Waals surface area contributed by atoms with Gasteiger partial charge in [0, 0.05) is 13.1 Å². The van der Waals surface area contributed by atoms with Crippen LogP contribution in [0.1, 0.15) is 29.5 Å². The molecule has 0 aliphatic heterocycles. The molecule has 0 aliphatic carbocycles. The lowest BCUT2D eigenvalue weighted by Gasteiger charge is -2.11. The van der Waals surface area contributed by atoms with Crippen LogP contribution in [0.3, 0.4) is 0 Å². The van der Waals surface area contributed by atoms with Crippen LogP contribution in [0.25, 0.3) is 0 Å². The van der Waals surface area contributed by atoms with Crippen molar-refractivity contribution in [3.05, 3.63) is 71.3 Å². The van der Waals surface area contributed by atoms with Gasteiger partial charge in [0.05, 0.1) is 12.0 Å². The van der Waals surface area contributed by atoms with E-state index in [9.17, 15) is 5.26 Å². The lowest BCUT2D eigenvalue weighted by atomic mass is 10.0. The molecule has 2 nitrogen and oxygen atoms in total. The van der Waals surface area contributed by atoms with Crippen LogP contribution in [0.2, 0.25) is 0 Å². The molecule has 102 valence electrons. The summed E-state index contributed by atoms with van der Waals surface area (Å²) in [5, 5.41) is 12.6. The van der Waals surface area contributed by atoms with Gasteiger partial charge in [0.2, 0.25) is 0 Å². The molecule has 1 N–H and O–H groups in total. The summed E-state index contributed by atoms with van der Waals surface area (Å²) in [4.78, 5) is 0. The molecule has 0 radical (unpaired) electrons. The van der Waals surface area contributed by atoms with E-state index >= 15 is 0 Å². The molecule has 0 saturated carbocycles. The fourth-order valence-corrected chi connectivity index (χ4v) is 2.18. The van der Waals surface area contributed by atoms with Crippen molar-refractivity contribution >= 4 is 0 Å². The molecular weight excluding hydrogens is 244 g/mol. The van der Waals surface area contributed by atoms with E-state index in [1.54, 1.807) is 0 Å². The minimum atomic E-state index is -0.0916. The highest BCUT2D eigenvalue weighted by Gasteiger charge is 2.09. The monoisotopic (exact) mass is 264 g/mol. The fraction of sp³-hybridized carbons (Fsp3) is 0.278. The molecule has 1 unspecified atom stereocenters. The first-order valence-electron chi connectivity index (χ1n) is 7.06. The van der Waals surface area contributed by atoms with Gasteiger partial charge in [-0.25, -0.2) is 0 Å². The van der Waals surface area contributed by atoms with Gasteiger partial charge in [0.1, 0.15) is 0 Å². The molecule has 0 saturated heterocycles. The van der Waals surface area contributed by atoms with Crippen LogP contribution in [0.15, 0.2) is 54.6 Å². The van der Waals surface area contributed by atoms with E-state index in [4.69, 9.17) is 0 Å². The Bertz CT molecular complexity index is 552. The maximum absolute atomic E-state index is 9.25. The summed E-state index contributed by atoms with van der Waals surface area (Å²) in [5.74, 6) is -0.0916. The first-order valence-corrected chi connectivity index (χ1v) is 7.06. The van der Waals surface area contributed by atoms with Gasteiger partial charge in [-0.1, -0.05) is 61.5 Å². The Morgan fingerprint density at radius 2 is 1.65 bits per heavy atom. The van der Waals surface area contributed by atoms with Gasteiger partial charge in [-0.05, 0) is 23.1 Å². The summed E-state index contributed by atoms with van der Waals surface area (Å²) in [6.45, 7) is 3.63. The second kappa shape index (κ2) is 7.47. The van der Waals surface area contributed by atoms with E-state index in [0.29, 0.717) is 6.54 Å². The summed E-state index contributed by atoms with van der Waals surface area (Å²) in [6, 6.07) is 20.9. The van der Waals surface area contributed by atoms with Crippen LogP contribution in [0.5, 0.6) is 0 Å². The first kappa shape index (κ1) is 14.3. The van der Waals surface area contributed by atoms with Crippen LogP contribution in [-0.4, -0.2) is 6.54 Å². The van der Waals surface area contributed by atoms with Crippen molar-refractivity contribution in [2.75, 3.05) is 6.54 Å². The van der Waals surface area contributed by atoms with Gasteiger partial charge in [0.25, 0.3) is 0 Å². The van der Waals surface area contributed by atoms with Gasteiger partial charge in [-0.3, -0.25) is 0 Å². The molecule has 20 heavy (non-hydrogen) atoms. The normalized spacial score (nSPS) is 11.8. The maximum Gasteiger partial charge on any atom is 0.0837 e. The zero-order valence-electron chi connectivity index (χ0n) is 11.8. The number of benzene rings is 2. The van der Waals surface area contributed by atoms with Gasteiger partial charge in [0.15, 0.2) is 0 Å². The average Bonchev–Trinajstić information content (AvgIpc) is 2.53. The molecule has 0 amide bonds. The Hall–Kier alpha value is -2.11. The van der Waals surface area contributed by atoms with E-state index in [0.717, 1.165) is 18.5 Å². The highest BCUT2D eigenvalue weighted by Crippen LogP contribution is 2.13. The molecular formula is C18H20N2. The zero-order chi connectivity index (χ0) is 14.2. The molecule has 0 aliphatic rings. The van der Waals surface area contributed by atoms with E-state index in [-0.39, 0.29) is 5.92 Å². The van der Waals surface area contributed by atoms with Crippen LogP contribution >= 0.6 is 0 Å². The highest BCUT2D eigenvalue weighted by atomic mass is 14.9. The lowest BCUT2D eigenvalue weighted by molar-refractivity contribution is 0.652. The minimum absolute atomic E-state index is 0.0916. The highest BCUT2D eigenvalue weighted by molar-refractivity contribution is 5.25. The second-order valence-corrected chi connectivity index (χ2v) is 4.89.